The molecule has 1 saturated heterocycles. The third-order valence-electron chi connectivity index (χ3n) is 2.38. The van der Waals surface area contributed by atoms with Crippen LogP contribution in [0.5, 0.6) is 0 Å². The van der Waals surface area contributed by atoms with Crippen LogP contribution in [-0.2, 0) is 14.3 Å². The van der Waals surface area contributed by atoms with Gasteiger partial charge in [-0.2, -0.15) is 0 Å². The fraction of sp³-hybridized carbons (Fsp3) is 0.900. The topological polar surface area (TPSA) is 35.5 Å². The van der Waals surface area contributed by atoms with Gasteiger partial charge >= 0.3 is 0 Å². The first-order valence-corrected chi connectivity index (χ1v) is 4.94. The molecule has 13 heavy (non-hydrogen) atoms. The van der Waals surface area contributed by atoms with E-state index >= 15 is 0 Å². The molecule has 0 amide bonds. The average molecular weight is 186 g/mol. The lowest BCUT2D eigenvalue weighted by Gasteiger charge is -2.23. The molecule has 2 atom stereocenters. The van der Waals surface area contributed by atoms with Crippen molar-refractivity contribution in [2.24, 2.45) is 0 Å². The molecule has 1 aliphatic heterocycles. The highest BCUT2D eigenvalue weighted by molar-refractivity contribution is 5.79. The molecule has 3 nitrogen and oxygen atoms in total. The Kier molecular flexibility index (Phi) is 4.39. The Morgan fingerprint density at radius 2 is 2.38 bits per heavy atom. The van der Waals surface area contributed by atoms with Crippen molar-refractivity contribution in [3.8, 4) is 0 Å². The number of carbonyl (C=O) groups is 1. The second-order valence-corrected chi connectivity index (χ2v) is 3.57. The lowest BCUT2D eigenvalue weighted by atomic mass is 10.1. The molecule has 0 spiro atoms. The first-order valence-electron chi connectivity index (χ1n) is 4.94. The van der Waals surface area contributed by atoms with Crippen LogP contribution in [-0.4, -0.2) is 31.2 Å². The fourth-order valence-electron chi connectivity index (χ4n) is 1.31. The predicted octanol–water partition coefficient (Wildman–Crippen LogP) is 1.55. The summed E-state index contributed by atoms with van der Waals surface area (Å²) in [7, 11) is 0. The standard InChI is InChI=1S/C10H18O3/c1-8(11)9(2)13-7-10-5-3-4-6-12-10/h9-10H,3-7H2,1-2H3. The Hall–Kier alpha value is -0.410. The summed E-state index contributed by atoms with van der Waals surface area (Å²) in [5.74, 6) is 0.0795. The highest BCUT2D eigenvalue weighted by atomic mass is 16.5. The monoisotopic (exact) mass is 186 g/mol. The molecule has 76 valence electrons. The van der Waals surface area contributed by atoms with Crippen molar-refractivity contribution in [3.05, 3.63) is 0 Å². The molecule has 0 bridgehead atoms. The van der Waals surface area contributed by atoms with Crippen LogP contribution in [0.2, 0.25) is 0 Å². The lowest BCUT2D eigenvalue weighted by Crippen LogP contribution is -2.28. The van der Waals surface area contributed by atoms with Gasteiger partial charge in [-0.25, -0.2) is 0 Å². The number of Topliss-reactive ketones (excluding diaryl/α,β-unsaturated/α-hetero) is 1. The first kappa shape index (κ1) is 10.7. The van der Waals surface area contributed by atoms with Gasteiger partial charge in [0.2, 0.25) is 0 Å². The minimum atomic E-state index is -0.287. The minimum Gasteiger partial charge on any atom is -0.376 e. The smallest absolute Gasteiger partial charge is 0.158 e. The third kappa shape index (κ3) is 3.87. The van der Waals surface area contributed by atoms with Crippen LogP contribution in [0.1, 0.15) is 33.1 Å². The maximum atomic E-state index is 10.9. The largest absolute Gasteiger partial charge is 0.376 e. The Morgan fingerprint density at radius 1 is 1.62 bits per heavy atom. The van der Waals surface area contributed by atoms with E-state index in [0.717, 1.165) is 19.4 Å². The third-order valence-corrected chi connectivity index (χ3v) is 2.38. The van der Waals surface area contributed by atoms with Crippen LogP contribution >= 0.6 is 0 Å². The zero-order valence-corrected chi connectivity index (χ0v) is 8.41. The highest BCUT2D eigenvalue weighted by Crippen LogP contribution is 2.13. The summed E-state index contributed by atoms with van der Waals surface area (Å²) < 4.78 is 10.8. The SMILES string of the molecule is CC(=O)C(C)OCC1CCCCO1. The fourth-order valence-corrected chi connectivity index (χ4v) is 1.31. The van der Waals surface area contributed by atoms with Crippen LogP contribution in [0.3, 0.4) is 0 Å². The Bertz CT molecular complexity index is 162. The molecule has 0 aliphatic carbocycles. The lowest BCUT2D eigenvalue weighted by molar-refractivity contribution is -0.131. The molecule has 0 N–H and O–H groups in total. The second kappa shape index (κ2) is 5.35. The molecule has 0 aromatic rings. The van der Waals surface area contributed by atoms with Gasteiger partial charge in [0.1, 0.15) is 6.10 Å². The number of hydrogen-bond donors (Lipinski definition) is 0. The van der Waals surface area contributed by atoms with Crippen LogP contribution in [0, 0.1) is 0 Å². The van der Waals surface area contributed by atoms with E-state index in [9.17, 15) is 4.79 Å². The second-order valence-electron chi connectivity index (χ2n) is 3.57. The molecule has 0 aromatic carbocycles. The van der Waals surface area contributed by atoms with Crippen molar-refractivity contribution in [2.75, 3.05) is 13.2 Å². The van der Waals surface area contributed by atoms with E-state index in [0.29, 0.717) is 6.61 Å². The average Bonchev–Trinajstić information content (AvgIpc) is 2.15. The molecule has 2 unspecified atom stereocenters. The maximum absolute atomic E-state index is 10.9. The quantitative estimate of drug-likeness (QED) is 0.668. The van der Waals surface area contributed by atoms with Gasteiger partial charge in [-0.15, -0.1) is 0 Å². The molecule has 0 radical (unpaired) electrons. The van der Waals surface area contributed by atoms with Crippen molar-refractivity contribution in [1.29, 1.82) is 0 Å². The summed E-state index contributed by atoms with van der Waals surface area (Å²) >= 11 is 0. The summed E-state index contributed by atoms with van der Waals surface area (Å²) in [6, 6.07) is 0. The molecule has 0 saturated carbocycles. The van der Waals surface area contributed by atoms with E-state index in [1.165, 1.54) is 6.42 Å². The Morgan fingerprint density at radius 3 is 2.92 bits per heavy atom. The minimum absolute atomic E-state index is 0.0795. The number of rotatable bonds is 4. The number of hydrogen-bond acceptors (Lipinski definition) is 3. The normalized spacial score (nSPS) is 25.5. The number of ether oxygens (including phenoxy) is 2. The number of ketones is 1. The molecule has 1 heterocycles. The van der Waals surface area contributed by atoms with Crippen LogP contribution in [0.15, 0.2) is 0 Å². The van der Waals surface area contributed by atoms with E-state index in [-0.39, 0.29) is 18.0 Å². The molecule has 3 heteroatoms. The van der Waals surface area contributed by atoms with Crippen molar-refractivity contribution < 1.29 is 14.3 Å². The summed E-state index contributed by atoms with van der Waals surface area (Å²) in [6.45, 7) is 4.72. The van der Waals surface area contributed by atoms with Gasteiger partial charge in [0.25, 0.3) is 0 Å². The van der Waals surface area contributed by atoms with E-state index in [1.807, 2.05) is 0 Å². The summed E-state index contributed by atoms with van der Waals surface area (Å²) in [4.78, 5) is 10.9. The van der Waals surface area contributed by atoms with E-state index in [4.69, 9.17) is 9.47 Å². The van der Waals surface area contributed by atoms with Crippen molar-refractivity contribution >= 4 is 5.78 Å². The van der Waals surface area contributed by atoms with Crippen molar-refractivity contribution in [1.82, 2.24) is 0 Å². The Balaban J connectivity index is 2.13. The van der Waals surface area contributed by atoms with Gasteiger partial charge in [-0.05, 0) is 33.1 Å². The summed E-state index contributed by atoms with van der Waals surface area (Å²) in [6.07, 6.45) is 3.34. The van der Waals surface area contributed by atoms with Gasteiger partial charge in [0.05, 0.1) is 12.7 Å². The molecular weight excluding hydrogens is 168 g/mol. The zero-order valence-electron chi connectivity index (χ0n) is 8.41. The van der Waals surface area contributed by atoms with Crippen LogP contribution < -0.4 is 0 Å². The number of carbonyl (C=O) groups excluding carboxylic acids is 1. The van der Waals surface area contributed by atoms with Crippen LogP contribution in [0.25, 0.3) is 0 Å². The van der Waals surface area contributed by atoms with E-state index in [1.54, 1.807) is 13.8 Å². The predicted molar refractivity (Wildman–Crippen MR) is 49.7 cm³/mol. The molecule has 1 fully saturated rings. The van der Waals surface area contributed by atoms with Crippen molar-refractivity contribution in [3.63, 3.8) is 0 Å². The van der Waals surface area contributed by atoms with E-state index < -0.39 is 0 Å². The summed E-state index contributed by atoms with van der Waals surface area (Å²) in [5, 5.41) is 0. The molecule has 0 aromatic heterocycles. The van der Waals surface area contributed by atoms with Gasteiger partial charge in [0, 0.05) is 6.61 Å². The van der Waals surface area contributed by atoms with Gasteiger partial charge in [-0.3, -0.25) is 4.79 Å². The van der Waals surface area contributed by atoms with Gasteiger partial charge < -0.3 is 9.47 Å². The van der Waals surface area contributed by atoms with Gasteiger partial charge in [0.15, 0.2) is 5.78 Å². The highest BCUT2D eigenvalue weighted by Gasteiger charge is 2.16. The molecular formula is C10H18O3. The first-order chi connectivity index (χ1) is 6.20. The maximum Gasteiger partial charge on any atom is 0.158 e. The van der Waals surface area contributed by atoms with E-state index in [2.05, 4.69) is 0 Å². The zero-order chi connectivity index (χ0) is 9.68. The summed E-state index contributed by atoms with van der Waals surface area (Å²) in [5.41, 5.74) is 0. The van der Waals surface area contributed by atoms with Gasteiger partial charge in [-0.1, -0.05) is 0 Å². The Labute approximate surface area is 79.4 Å². The van der Waals surface area contributed by atoms with Crippen molar-refractivity contribution in [2.45, 2.75) is 45.3 Å². The van der Waals surface area contributed by atoms with Crippen LogP contribution in [0.4, 0.5) is 0 Å². The molecule has 1 rings (SSSR count). The molecule has 1 aliphatic rings.